The van der Waals surface area contributed by atoms with Crippen LogP contribution in [0.15, 0.2) is 12.4 Å². The lowest BCUT2D eigenvalue weighted by Crippen LogP contribution is -1.96. The molecule has 0 aliphatic carbocycles. The molecule has 0 saturated carbocycles. The summed E-state index contributed by atoms with van der Waals surface area (Å²) >= 11 is 0. The number of nitrogens with zero attached hydrogens (tertiary/aromatic N) is 3. The molecule has 1 rings (SSSR count). The summed E-state index contributed by atoms with van der Waals surface area (Å²) in [5.74, 6) is 0. The van der Waals surface area contributed by atoms with Gasteiger partial charge >= 0.3 is 0 Å². The summed E-state index contributed by atoms with van der Waals surface area (Å²) in [6.07, 6.45) is 1.37. The average molecular weight is 163 g/mol. The first-order valence-electron chi connectivity index (χ1n) is 3.65. The number of aromatic nitrogens is 2. The molecule has 1 heterocycles. The molecule has 0 bridgehead atoms. The van der Waals surface area contributed by atoms with Crippen LogP contribution in [0.25, 0.3) is 0 Å². The van der Waals surface area contributed by atoms with E-state index in [1.165, 1.54) is 6.33 Å². The highest BCUT2D eigenvalue weighted by Gasteiger charge is 1.96. The third-order valence-corrected chi connectivity index (χ3v) is 1.29. The first-order valence-corrected chi connectivity index (χ1v) is 3.65. The van der Waals surface area contributed by atoms with Gasteiger partial charge in [0, 0.05) is 6.61 Å². The van der Waals surface area contributed by atoms with Crippen molar-refractivity contribution in [3.8, 4) is 6.07 Å². The molecule has 1 aromatic rings. The van der Waals surface area contributed by atoms with E-state index in [4.69, 9.17) is 10.00 Å². The van der Waals surface area contributed by atoms with Crippen LogP contribution in [0.3, 0.4) is 0 Å². The first-order chi connectivity index (χ1) is 5.86. The van der Waals surface area contributed by atoms with Gasteiger partial charge < -0.3 is 4.74 Å². The molecule has 0 aromatic carbocycles. The highest BCUT2D eigenvalue weighted by atomic mass is 16.5. The van der Waals surface area contributed by atoms with E-state index in [1.54, 1.807) is 6.07 Å². The molecule has 4 nitrogen and oxygen atoms in total. The van der Waals surface area contributed by atoms with E-state index in [2.05, 4.69) is 9.97 Å². The van der Waals surface area contributed by atoms with Gasteiger partial charge in [-0.2, -0.15) is 5.26 Å². The van der Waals surface area contributed by atoms with Crippen LogP contribution < -0.4 is 0 Å². The van der Waals surface area contributed by atoms with Gasteiger partial charge in [0.2, 0.25) is 0 Å². The van der Waals surface area contributed by atoms with Gasteiger partial charge in [0.15, 0.2) is 0 Å². The van der Waals surface area contributed by atoms with Gasteiger partial charge in [0.1, 0.15) is 18.1 Å². The lowest BCUT2D eigenvalue weighted by molar-refractivity contribution is 0.131. The molecular formula is C8H9N3O. The number of ether oxygens (including phenoxy) is 1. The zero-order chi connectivity index (χ0) is 8.81. The average Bonchev–Trinajstić information content (AvgIpc) is 2.15. The fourth-order valence-electron chi connectivity index (χ4n) is 0.744. The Bertz CT molecular complexity index is 293. The van der Waals surface area contributed by atoms with E-state index in [-0.39, 0.29) is 0 Å². The van der Waals surface area contributed by atoms with Gasteiger partial charge in [0.05, 0.1) is 12.3 Å². The summed E-state index contributed by atoms with van der Waals surface area (Å²) in [6.45, 7) is 2.99. The number of nitriles is 1. The smallest absolute Gasteiger partial charge is 0.144 e. The van der Waals surface area contributed by atoms with Crippen molar-refractivity contribution in [2.45, 2.75) is 13.5 Å². The Kier molecular flexibility index (Phi) is 3.17. The van der Waals surface area contributed by atoms with Gasteiger partial charge in [0.25, 0.3) is 0 Å². The van der Waals surface area contributed by atoms with Crippen molar-refractivity contribution in [3.05, 3.63) is 23.8 Å². The van der Waals surface area contributed by atoms with Crippen LogP contribution in [0.1, 0.15) is 18.3 Å². The van der Waals surface area contributed by atoms with E-state index in [0.29, 0.717) is 18.9 Å². The molecule has 0 spiro atoms. The van der Waals surface area contributed by atoms with Gasteiger partial charge in [-0.15, -0.1) is 0 Å². The van der Waals surface area contributed by atoms with Gasteiger partial charge in [-0.05, 0) is 13.0 Å². The summed E-state index contributed by atoms with van der Waals surface area (Å²) in [5.41, 5.74) is 1.11. The molecule has 0 unspecified atom stereocenters. The standard InChI is InChI=1S/C8H9N3O/c1-2-12-5-8-3-7(4-9)10-6-11-8/h3,6H,2,5H2,1H3. The van der Waals surface area contributed by atoms with Gasteiger partial charge in [-0.25, -0.2) is 9.97 Å². The molecule has 0 aliphatic rings. The van der Waals surface area contributed by atoms with E-state index < -0.39 is 0 Å². The fraction of sp³-hybridized carbons (Fsp3) is 0.375. The predicted octanol–water partition coefficient (Wildman–Crippen LogP) is 0.885. The molecule has 0 aliphatic heterocycles. The third-order valence-electron chi connectivity index (χ3n) is 1.29. The molecule has 0 radical (unpaired) electrons. The maximum Gasteiger partial charge on any atom is 0.144 e. The number of hydrogen-bond acceptors (Lipinski definition) is 4. The zero-order valence-corrected chi connectivity index (χ0v) is 6.82. The molecule has 0 fully saturated rings. The Labute approximate surface area is 70.8 Å². The number of rotatable bonds is 3. The number of hydrogen-bond donors (Lipinski definition) is 0. The summed E-state index contributed by atoms with van der Waals surface area (Å²) in [6, 6.07) is 3.56. The Hall–Kier alpha value is -1.47. The van der Waals surface area contributed by atoms with Crippen LogP contribution in [-0.2, 0) is 11.3 Å². The van der Waals surface area contributed by atoms with Crippen LogP contribution in [0.5, 0.6) is 0 Å². The molecule has 4 heteroatoms. The second-order valence-corrected chi connectivity index (χ2v) is 2.14. The lowest BCUT2D eigenvalue weighted by atomic mass is 10.3. The maximum atomic E-state index is 8.51. The molecule has 0 atom stereocenters. The topological polar surface area (TPSA) is 58.8 Å². The summed E-state index contributed by atoms with van der Waals surface area (Å²) in [7, 11) is 0. The van der Waals surface area contributed by atoms with E-state index in [1.807, 2.05) is 13.0 Å². The molecule has 0 N–H and O–H groups in total. The zero-order valence-electron chi connectivity index (χ0n) is 6.82. The predicted molar refractivity (Wildman–Crippen MR) is 42.1 cm³/mol. The summed E-state index contributed by atoms with van der Waals surface area (Å²) in [5, 5.41) is 8.51. The van der Waals surface area contributed by atoms with E-state index in [0.717, 1.165) is 5.69 Å². The van der Waals surface area contributed by atoms with Crippen molar-refractivity contribution >= 4 is 0 Å². The summed E-state index contributed by atoms with van der Waals surface area (Å²) in [4.78, 5) is 7.68. The monoisotopic (exact) mass is 163 g/mol. The van der Waals surface area contributed by atoms with Crippen LogP contribution in [0.4, 0.5) is 0 Å². The fourth-order valence-corrected chi connectivity index (χ4v) is 0.744. The van der Waals surface area contributed by atoms with Gasteiger partial charge in [-0.3, -0.25) is 0 Å². The molecule has 1 aromatic heterocycles. The molecule has 0 amide bonds. The van der Waals surface area contributed by atoms with Crippen molar-refractivity contribution in [2.75, 3.05) is 6.61 Å². The van der Waals surface area contributed by atoms with Crippen molar-refractivity contribution in [2.24, 2.45) is 0 Å². The van der Waals surface area contributed by atoms with Crippen molar-refractivity contribution in [1.82, 2.24) is 9.97 Å². The van der Waals surface area contributed by atoms with E-state index >= 15 is 0 Å². The maximum absolute atomic E-state index is 8.51. The molecule has 62 valence electrons. The highest BCUT2D eigenvalue weighted by Crippen LogP contribution is 1.98. The van der Waals surface area contributed by atoms with Crippen molar-refractivity contribution in [3.63, 3.8) is 0 Å². The minimum absolute atomic E-state index is 0.375. The first kappa shape index (κ1) is 8.62. The van der Waals surface area contributed by atoms with Crippen LogP contribution >= 0.6 is 0 Å². The second-order valence-electron chi connectivity index (χ2n) is 2.14. The van der Waals surface area contributed by atoms with Crippen molar-refractivity contribution in [1.29, 1.82) is 5.26 Å². The molecule has 12 heavy (non-hydrogen) atoms. The Balaban J connectivity index is 2.68. The minimum atomic E-state index is 0.375. The molecular weight excluding hydrogens is 154 g/mol. The second kappa shape index (κ2) is 4.42. The quantitative estimate of drug-likeness (QED) is 0.663. The normalized spacial score (nSPS) is 9.33. The highest BCUT2D eigenvalue weighted by molar-refractivity contribution is 5.20. The Morgan fingerprint density at radius 3 is 3.08 bits per heavy atom. The van der Waals surface area contributed by atoms with E-state index in [9.17, 15) is 0 Å². The third kappa shape index (κ3) is 2.29. The van der Waals surface area contributed by atoms with Crippen molar-refractivity contribution < 1.29 is 4.74 Å². The molecule has 0 saturated heterocycles. The van der Waals surface area contributed by atoms with Crippen LogP contribution in [0, 0.1) is 11.3 Å². The SMILES string of the molecule is CCOCc1cc(C#N)ncn1. The van der Waals surface area contributed by atoms with Crippen LogP contribution in [0.2, 0.25) is 0 Å². The Morgan fingerprint density at radius 1 is 1.58 bits per heavy atom. The summed E-state index contributed by atoms with van der Waals surface area (Å²) < 4.78 is 5.12. The van der Waals surface area contributed by atoms with Crippen LogP contribution in [-0.4, -0.2) is 16.6 Å². The van der Waals surface area contributed by atoms with Gasteiger partial charge in [-0.1, -0.05) is 0 Å². The largest absolute Gasteiger partial charge is 0.375 e. The lowest BCUT2D eigenvalue weighted by Gasteiger charge is -1.98. The minimum Gasteiger partial charge on any atom is -0.375 e. The Morgan fingerprint density at radius 2 is 2.42 bits per heavy atom.